The number of hydrogen-bond donors (Lipinski definition) is 0. The first-order valence-electron chi connectivity index (χ1n) is 6.29. The lowest BCUT2D eigenvalue weighted by molar-refractivity contribution is -0.0877. The molecule has 0 aromatic rings. The largest absolute Gasteiger partial charge is 0.466 e. The maximum Gasteiger partial charge on any atom is 0.331 e. The molecule has 1 radical (unpaired) electrons. The monoisotopic (exact) mass is 225 g/mol. The molecule has 91 valence electrons. The number of rotatable bonds is 2. The molecule has 2 rings (SSSR count). The quantitative estimate of drug-likeness (QED) is 0.677. The van der Waals surface area contributed by atoms with Crippen molar-refractivity contribution in [1.82, 2.24) is 0 Å². The normalized spacial score (nSPS) is 36.2. The number of fused-ring (bicyclic) bond motifs is 1. The molecule has 1 saturated carbocycles. The van der Waals surface area contributed by atoms with Crippen LogP contribution in [0.3, 0.4) is 0 Å². The van der Waals surface area contributed by atoms with E-state index in [1.54, 1.807) is 0 Å². The number of ether oxygens (including phenoxy) is 2. The first kappa shape index (κ1) is 11.8. The van der Waals surface area contributed by atoms with Crippen LogP contribution in [0.15, 0.2) is 11.5 Å². The van der Waals surface area contributed by atoms with Gasteiger partial charge in [0.05, 0.1) is 19.3 Å². The van der Waals surface area contributed by atoms with Gasteiger partial charge in [-0.05, 0) is 38.5 Å². The Labute approximate surface area is 97.4 Å². The number of hydrogen-bond acceptors (Lipinski definition) is 2. The van der Waals surface area contributed by atoms with Gasteiger partial charge in [-0.1, -0.05) is 12.8 Å². The predicted octanol–water partition coefficient (Wildman–Crippen LogP) is 3.03. The molecule has 0 spiro atoms. The van der Waals surface area contributed by atoms with E-state index in [4.69, 9.17) is 9.47 Å². The lowest BCUT2D eigenvalue weighted by Crippen LogP contribution is -2.37. The summed E-state index contributed by atoms with van der Waals surface area (Å²) in [5.41, 5.74) is 0.728. The lowest BCUT2D eigenvalue weighted by atomic mass is 9.80. The second-order valence-electron chi connectivity index (χ2n) is 4.96. The molecule has 0 aromatic heterocycles. The zero-order chi connectivity index (χ0) is 11.5. The molecule has 1 heterocycles. The van der Waals surface area contributed by atoms with Crippen LogP contribution >= 0.6 is 0 Å². The van der Waals surface area contributed by atoms with Gasteiger partial charge in [0.15, 0.2) is 0 Å². The Morgan fingerprint density at radius 1 is 1.19 bits per heavy atom. The molecule has 2 aliphatic rings. The van der Waals surface area contributed by atoms with E-state index in [2.05, 4.69) is 0 Å². The third-order valence-electron chi connectivity index (χ3n) is 3.97. The fourth-order valence-electron chi connectivity index (χ4n) is 2.94. The second kappa shape index (κ2) is 5.09. The molecule has 16 heavy (non-hydrogen) atoms. The first-order valence-corrected chi connectivity index (χ1v) is 6.29. The summed E-state index contributed by atoms with van der Waals surface area (Å²) in [6.45, 7) is 1.83. The highest BCUT2D eigenvalue weighted by Crippen LogP contribution is 2.37. The fourth-order valence-corrected chi connectivity index (χ4v) is 2.94. The molecular formula is C13H21O3. The third kappa shape index (κ3) is 2.34. The highest BCUT2D eigenvalue weighted by molar-refractivity contribution is 5.07. The van der Waals surface area contributed by atoms with Crippen LogP contribution < -0.4 is 0 Å². The summed E-state index contributed by atoms with van der Waals surface area (Å²) >= 11 is 0. The van der Waals surface area contributed by atoms with Crippen molar-refractivity contribution in [3.63, 3.8) is 0 Å². The Morgan fingerprint density at radius 2 is 1.94 bits per heavy atom. The molecule has 3 atom stereocenters. The highest BCUT2D eigenvalue weighted by atomic mass is 16.6. The minimum atomic E-state index is -0.223. The van der Waals surface area contributed by atoms with E-state index in [9.17, 15) is 5.11 Å². The first-order chi connectivity index (χ1) is 7.72. The van der Waals surface area contributed by atoms with Crippen LogP contribution in [0.25, 0.3) is 0 Å². The van der Waals surface area contributed by atoms with Crippen LogP contribution in [0, 0.1) is 5.92 Å². The molecular weight excluding hydrogens is 204 g/mol. The molecule has 1 aliphatic carbocycles. The smallest absolute Gasteiger partial charge is 0.331 e. The maximum absolute atomic E-state index is 11.4. The van der Waals surface area contributed by atoms with Gasteiger partial charge in [-0.25, -0.2) is 5.11 Å². The SMILES string of the molecule is COC([O])=C(C)[C@@H]1CC[C@@H]2CCCC[C@H]2O1. The number of methoxy groups -OCH3 is 1. The molecule has 0 amide bonds. The average Bonchev–Trinajstić information content (AvgIpc) is 2.36. The average molecular weight is 225 g/mol. The van der Waals surface area contributed by atoms with Crippen molar-refractivity contribution in [1.29, 1.82) is 0 Å². The Hall–Kier alpha value is -0.700. The van der Waals surface area contributed by atoms with Crippen molar-refractivity contribution in [3.8, 4) is 0 Å². The molecule has 0 N–H and O–H groups in total. The van der Waals surface area contributed by atoms with E-state index < -0.39 is 0 Å². The van der Waals surface area contributed by atoms with E-state index in [0.29, 0.717) is 6.10 Å². The van der Waals surface area contributed by atoms with Gasteiger partial charge in [-0.2, -0.15) is 0 Å². The molecule has 3 heteroatoms. The van der Waals surface area contributed by atoms with Gasteiger partial charge in [0, 0.05) is 5.57 Å². The molecule has 1 aliphatic heterocycles. The summed E-state index contributed by atoms with van der Waals surface area (Å²) in [6, 6.07) is 0. The standard InChI is InChI=1S/C13H21O3/c1-9(13(14)15-2)11-8-7-10-5-3-4-6-12(10)16-11/h10-12H,3-8H2,1-2H3/t10-,11-,12+/m0/s1. The topological polar surface area (TPSA) is 38.4 Å². The molecule has 0 aromatic carbocycles. The molecule has 3 nitrogen and oxygen atoms in total. The van der Waals surface area contributed by atoms with E-state index >= 15 is 0 Å². The lowest BCUT2D eigenvalue weighted by Gasteiger charge is -2.39. The Morgan fingerprint density at radius 3 is 2.69 bits per heavy atom. The van der Waals surface area contributed by atoms with E-state index in [1.165, 1.54) is 32.8 Å². The highest BCUT2D eigenvalue weighted by Gasteiger charge is 2.34. The van der Waals surface area contributed by atoms with E-state index in [0.717, 1.165) is 24.3 Å². The van der Waals surface area contributed by atoms with Crippen LogP contribution in [-0.4, -0.2) is 19.3 Å². The molecule has 1 saturated heterocycles. The molecule has 2 fully saturated rings. The van der Waals surface area contributed by atoms with Gasteiger partial charge < -0.3 is 9.47 Å². The van der Waals surface area contributed by atoms with Crippen molar-refractivity contribution >= 4 is 0 Å². The van der Waals surface area contributed by atoms with Crippen LogP contribution in [0.4, 0.5) is 0 Å². The van der Waals surface area contributed by atoms with E-state index in [-0.39, 0.29) is 12.0 Å². The van der Waals surface area contributed by atoms with Crippen molar-refractivity contribution in [2.45, 2.75) is 57.7 Å². The summed E-state index contributed by atoms with van der Waals surface area (Å²) in [4.78, 5) is 0. The van der Waals surface area contributed by atoms with Gasteiger partial charge in [-0.3, -0.25) is 0 Å². The van der Waals surface area contributed by atoms with Crippen molar-refractivity contribution < 1.29 is 14.6 Å². The summed E-state index contributed by atoms with van der Waals surface area (Å²) < 4.78 is 10.8. The van der Waals surface area contributed by atoms with Gasteiger partial charge in [0.2, 0.25) is 0 Å². The van der Waals surface area contributed by atoms with Gasteiger partial charge >= 0.3 is 5.95 Å². The molecule has 0 unspecified atom stereocenters. The van der Waals surface area contributed by atoms with Gasteiger partial charge in [0.25, 0.3) is 0 Å². The zero-order valence-electron chi connectivity index (χ0n) is 10.2. The van der Waals surface area contributed by atoms with Gasteiger partial charge in [-0.15, -0.1) is 0 Å². The minimum absolute atomic E-state index is 0.00759. The Bertz CT molecular complexity index is 272. The zero-order valence-corrected chi connectivity index (χ0v) is 10.2. The van der Waals surface area contributed by atoms with E-state index in [1.807, 2.05) is 6.92 Å². The Kier molecular flexibility index (Phi) is 3.74. The summed E-state index contributed by atoms with van der Waals surface area (Å²) in [5, 5.41) is 11.4. The van der Waals surface area contributed by atoms with Crippen molar-refractivity contribution in [2.24, 2.45) is 5.92 Å². The van der Waals surface area contributed by atoms with Crippen molar-refractivity contribution in [3.05, 3.63) is 11.5 Å². The summed E-state index contributed by atoms with van der Waals surface area (Å²) in [6.07, 6.45) is 7.62. The second-order valence-corrected chi connectivity index (χ2v) is 4.96. The Balaban J connectivity index is 1.99. The van der Waals surface area contributed by atoms with Crippen LogP contribution in [0.2, 0.25) is 0 Å². The van der Waals surface area contributed by atoms with Crippen molar-refractivity contribution in [2.75, 3.05) is 7.11 Å². The van der Waals surface area contributed by atoms with Crippen LogP contribution in [-0.2, 0) is 14.6 Å². The maximum atomic E-state index is 11.4. The minimum Gasteiger partial charge on any atom is -0.466 e. The van der Waals surface area contributed by atoms with Crippen LogP contribution in [0.1, 0.15) is 45.4 Å². The summed E-state index contributed by atoms with van der Waals surface area (Å²) in [5.74, 6) is 0.509. The predicted molar refractivity (Wildman–Crippen MR) is 60.2 cm³/mol. The fraction of sp³-hybridized carbons (Fsp3) is 0.846. The van der Waals surface area contributed by atoms with Crippen LogP contribution in [0.5, 0.6) is 0 Å². The summed E-state index contributed by atoms with van der Waals surface area (Å²) in [7, 11) is 1.43. The van der Waals surface area contributed by atoms with Gasteiger partial charge in [0.1, 0.15) is 0 Å². The molecule has 0 bridgehead atoms. The third-order valence-corrected chi connectivity index (χ3v) is 3.97.